The van der Waals surface area contributed by atoms with Crippen LogP contribution in [-0.4, -0.2) is 90.3 Å². The predicted molar refractivity (Wildman–Crippen MR) is 205 cm³/mol. The zero-order valence-electron chi connectivity index (χ0n) is 30.5. The zero-order chi connectivity index (χ0) is 37.1. The fourth-order valence-corrected chi connectivity index (χ4v) is 9.14. The Morgan fingerprint density at radius 2 is 1.63 bits per heavy atom. The van der Waals surface area contributed by atoms with Crippen molar-refractivity contribution in [3.8, 4) is 22.9 Å². The number of carbonyl (C=O) groups is 2. The van der Waals surface area contributed by atoms with E-state index in [4.69, 9.17) is 14.5 Å². The van der Waals surface area contributed by atoms with E-state index in [0.29, 0.717) is 58.7 Å². The van der Waals surface area contributed by atoms with Crippen molar-refractivity contribution < 1.29 is 23.5 Å². The molecule has 54 heavy (non-hydrogen) atoms. The number of carbonyl (C=O) groups excluding carboxylic acids is 2. The molecule has 5 aliphatic rings. The van der Waals surface area contributed by atoms with Gasteiger partial charge in [0.05, 0.1) is 25.4 Å². The summed E-state index contributed by atoms with van der Waals surface area (Å²) in [4.78, 5) is 52.1. The molecule has 2 N–H and O–H groups in total. The molecule has 10 rings (SSSR count). The number of nitrogens with one attached hydrogen (secondary N) is 2. The molecule has 2 aromatic heterocycles. The van der Waals surface area contributed by atoms with Crippen molar-refractivity contribution in [3.63, 3.8) is 0 Å². The molecule has 3 atom stereocenters. The largest absolute Gasteiger partial charge is 0.497 e. The number of methoxy groups -OCH3 is 2. The fraction of sp³-hybridized carbons (Fsp3) is 0.415. The Hall–Kier alpha value is -5.43. The number of fused-ring (bicyclic) bond motifs is 5. The number of anilines is 2. The first-order chi connectivity index (χ1) is 26.2. The molecule has 0 aliphatic carbocycles. The van der Waals surface area contributed by atoms with E-state index in [1.54, 1.807) is 25.3 Å². The Balaban J connectivity index is 0.821. The van der Waals surface area contributed by atoms with E-state index in [9.17, 15) is 14.4 Å². The van der Waals surface area contributed by atoms with E-state index in [1.807, 2.05) is 35.2 Å². The molecule has 3 unspecified atom stereocenters. The zero-order valence-corrected chi connectivity index (χ0v) is 30.5. The van der Waals surface area contributed by atoms with Crippen molar-refractivity contribution in [2.75, 3.05) is 56.7 Å². The average Bonchev–Trinajstić information content (AvgIpc) is 3.60. The molecule has 7 heterocycles. The van der Waals surface area contributed by atoms with Gasteiger partial charge in [-0.3, -0.25) is 24.6 Å². The Morgan fingerprint density at radius 3 is 2.33 bits per heavy atom. The lowest BCUT2D eigenvalue weighted by atomic mass is 9.87. The number of H-pyrrole nitrogens is 1. The topological polar surface area (TPSA) is 125 Å². The predicted octanol–water partition coefficient (Wildman–Crippen LogP) is 5.25. The van der Waals surface area contributed by atoms with Crippen LogP contribution in [0.15, 0.2) is 65.7 Å². The Morgan fingerprint density at radius 1 is 0.870 bits per heavy atom. The summed E-state index contributed by atoms with van der Waals surface area (Å²) in [5, 5.41) is 4.47. The Labute approximate surface area is 311 Å². The molecule has 5 aromatic rings. The van der Waals surface area contributed by atoms with Crippen molar-refractivity contribution in [2.24, 2.45) is 5.92 Å². The van der Waals surface area contributed by atoms with Crippen molar-refractivity contribution in [1.82, 2.24) is 24.8 Å². The van der Waals surface area contributed by atoms with E-state index in [0.717, 1.165) is 80.4 Å². The van der Waals surface area contributed by atoms with Gasteiger partial charge in [0.15, 0.2) is 0 Å². The van der Waals surface area contributed by atoms with Crippen LogP contribution in [0.2, 0.25) is 0 Å². The van der Waals surface area contributed by atoms with Crippen molar-refractivity contribution in [3.05, 3.63) is 77.1 Å². The summed E-state index contributed by atoms with van der Waals surface area (Å²) in [5.41, 5.74) is 2.87. The molecule has 0 radical (unpaired) electrons. The molecule has 5 fully saturated rings. The number of piperazine rings is 1. The van der Waals surface area contributed by atoms with Gasteiger partial charge in [0, 0.05) is 97.8 Å². The molecule has 5 aliphatic heterocycles. The van der Waals surface area contributed by atoms with E-state index in [1.165, 1.54) is 7.11 Å². The minimum Gasteiger partial charge on any atom is -0.497 e. The highest BCUT2D eigenvalue weighted by molar-refractivity contribution is 6.00. The van der Waals surface area contributed by atoms with E-state index < -0.39 is 6.04 Å². The number of imide groups is 1. The summed E-state index contributed by atoms with van der Waals surface area (Å²) in [6.07, 6.45) is 8.87. The standard InChI is InChI=1S/C41H44FN7O5/c1-53-31-17-33-38(36(18-31)54-2)41(52)45-39(43-33)25-3-5-28(6-4-25)46-13-11-24(12-14-46)19-47-22-30-8-7-29(47)23-49(30)35-16-27-21-48(20-26(27)15-32(35)42)34-9-10-37(50)44-40(34)51/h3-6,15-18,20-21,24,29-30,34H,7-14,19,22-23H2,1-2H3,(H,43,45,52)(H,44,50,51). The third kappa shape index (κ3) is 6.23. The summed E-state index contributed by atoms with van der Waals surface area (Å²) in [6, 6.07) is 15.4. The third-order valence-corrected chi connectivity index (χ3v) is 12.1. The van der Waals surface area contributed by atoms with Crippen LogP contribution in [-0.2, 0) is 9.59 Å². The average molecular weight is 734 g/mol. The fourth-order valence-electron chi connectivity index (χ4n) is 9.14. The van der Waals surface area contributed by atoms with Crippen molar-refractivity contribution >= 4 is 44.9 Å². The maximum absolute atomic E-state index is 15.7. The maximum atomic E-state index is 15.7. The van der Waals surface area contributed by atoms with Crippen LogP contribution < -0.4 is 30.1 Å². The maximum Gasteiger partial charge on any atom is 0.262 e. The molecule has 5 saturated heterocycles. The summed E-state index contributed by atoms with van der Waals surface area (Å²) in [6.45, 7) is 4.77. The second-order valence-corrected chi connectivity index (χ2v) is 15.2. The van der Waals surface area contributed by atoms with Gasteiger partial charge in [-0.2, -0.15) is 0 Å². The number of aromatic nitrogens is 3. The number of piperidine rings is 4. The number of ether oxygens (including phenoxy) is 2. The lowest BCUT2D eigenvalue weighted by Crippen LogP contribution is -2.63. The molecule has 13 heteroatoms. The number of hydrogen-bond donors (Lipinski definition) is 2. The lowest BCUT2D eigenvalue weighted by molar-refractivity contribution is -0.135. The van der Waals surface area contributed by atoms with Crippen LogP contribution in [0.1, 0.15) is 44.6 Å². The summed E-state index contributed by atoms with van der Waals surface area (Å²) in [7, 11) is 3.09. The lowest BCUT2D eigenvalue weighted by Gasteiger charge is -2.53. The van der Waals surface area contributed by atoms with Gasteiger partial charge in [-0.25, -0.2) is 9.37 Å². The molecule has 0 spiro atoms. The number of benzene rings is 3. The van der Waals surface area contributed by atoms with Crippen molar-refractivity contribution in [1.29, 1.82) is 0 Å². The van der Waals surface area contributed by atoms with Crippen LogP contribution >= 0.6 is 0 Å². The highest BCUT2D eigenvalue weighted by Gasteiger charge is 2.41. The van der Waals surface area contributed by atoms with Crippen LogP contribution in [0.4, 0.5) is 15.8 Å². The first-order valence-corrected chi connectivity index (χ1v) is 18.9. The molecule has 2 bridgehead atoms. The molecular formula is C41H44FN7O5. The monoisotopic (exact) mass is 733 g/mol. The molecule has 0 saturated carbocycles. The Bertz CT molecular complexity index is 2320. The minimum absolute atomic E-state index is 0.230. The molecule has 2 amide bonds. The van der Waals surface area contributed by atoms with Crippen molar-refractivity contribution in [2.45, 2.75) is 56.7 Å². The van der Waals surface area contributed by atoms with Gasteiger partial charge in [0.1, 0.15) is 34.6 Å². The van der Waals surface area contributed by atoms with Crippen LogP contribution in [0.5, 0.6) is 11.5 Å². The van der Waals surface area contributed by atoms with Gasteiger partial charge in [-0.1, -0.05) is 0 Å². The van der Waals surface area contributed by atoms with Gasteiger partial charge in [-0.05, 0) is 74.4 Å². The number of rotatable bonds is 8. The third-order valence-electron chi connectivity index (χ3n) is 12.1. The van der Waals surface area contributed by atoms with Gasteiger partial charge in [0.2, 0.25) is 11.8 Å². The molecule has 280 valence electrons. The normalized spacial score (nSPS) is 22.3. The van der Waals surface area contributed by atoms with Crippen LogP contribution in [0.3, 0.4) is 0 Å². The molecular weight excluding hydrogens is 689 g/mol. The first kappa shape index (κ1) is 34.3. The van der Waals surface area contributed by atoms with E-state index in [-0.39, 0.29) is 29.2 Å². The van der Waals surface area contributed by atoms with E-state index >= 15 is 4.39 Å². The number of halogens is 1. The molecule has 12 nitrogen and oxygen atoms in total. The first-order valence-electron chi connectivity index (χ1n) is 18.9. The minimum atomic E-state index is -0.461. The number of hydrogen-bond acceptors (Lipinski definition) is 9. The number of nitrogens with zero attached hydrogens (tertiary/aromatic N) is 5. The summed E-state index contributed by atoms with van der Waals surface area (Å²) < 4.78 is 28.3. The smallest absolute Gasteiger partial charge is 0.262 e. The van der Waals surface area contributed by atoms with Gasteiger partial charge in [-0.15, -0.1) is 0 Å². The van der Waals surface area contributed by atoms with Crippen LogP contribution in [0, 0.1) is 11.7 Å². The number of amides is 2. The van der Waals surface area contributed by atoms with Gasteiger partial charge >= 0.3 is 0 Å². The van der Waals surface area contributed by atoms with E-state index in [2.05, 4.69) is 37.1 Å². The quantitative estimate of drug-likeness (QED) is 0.206. The highest BCUT2D eigenvalue weighted by atomic mass is 19.1. The molecule has 3 aromatic carbocycles. The number of aromatic amines is 1. The second kappa shape index (κ2) is 13.8. The highest BCUT2D eigenvalue weighted by Crippen LogP contribution is 2.38. The van der Waals surface area contributed by atoms with Crippen LogP contribution in [0.25, 0.3) is 33.1 Å². The second-order valence-electron chi connectivity index (χ2n) is 15.2. The van der Waals surface area contributed by atoms with Gasteiger partial charge < -0.3 is 28.8 Å². The Kier molecular flexibility index (Phi) is 8.76. The summed E-state index contributed by atoms with van der Waals surface area (Å²) >= 11 is 0. The summed E-state index contributed by atoms with van der Waals surface area (Å²) in [5.74, 6) is 1.31. The van der Waals surface area contributed by atoms with Gasteiger partial charge in [0.25, 0.3) is 5.56 Å². The SMILES string of the molecule is COc1cc(OC)c2c(=O)[nH]c(-c3ccc(N4CCC(CN5CC6CCC5CN6c5cc6cn(C7CCC(=O)NC7=O)cc6cc5F)CC4)cc3)nc2c1.